The fourth-order valence-corrected chi connectivity index (χ4v) is 3.95. The molecule has 0 N–H and O–H groups in total. The van der Waals surface area contributed by atoms with Crippen molar-refractivity contribution in [2.24, 2.45) is 7.05 Å². The molecule has 13 heteroatoms. The smallest absolute Gasteiger partial charge is 0.447 e. The molecule has 0 spiro atoms. The van der Waals surface area contributed by atoms with Crippen LogP contribution in [0.4, 0.5) is 9.18 Å². The molecule has 0 aliphatic heterocycles. The lowest BCUT2D eigenvalue weighted by molar-refractivity contribution is -0.0531. The molecule has 3 rings (SSSR count). The Morgan fingerprint density at radius 3 is 2.40 bits per heavy atom. The van der Waals surface area contributed by atoms with E-state index in [1.165, 1.54) is 26.1 Å². The highest BCUT2D eigenvalue weighted by molar-refractivity contribution is 5.97. The number of nitrogens with zero attached hydrogens (tertiary/aromatic N) is 4. The summed E-state index contributed by atoms with van der Waals surface area (Å²) in [6.07, 6.45) is -2.33. The summed E-state index contributed by atoms with van der Waals surface area (Å²) in [6, 6.07) is 5.65. The van der Waals surface area contributed by atoms with Crippen LogP contribution >= 0.6 is 0 Å². The molecule has 1 atom stereocenters. The minimum atomic E-state index is -1.29. The van der Waals surface area contributed by atoms with Crippen LogP contribution in [0.5, 0.6) is 5.75 Å². The number of hydrogen-bond acceptors (Lipinski definition) is 11. The minimum Gasteiger partial charge on any atom is -0.447 e. The number of Topliss-reactive ketones (excluding diaryl/α,β-unsaturated/α-hetero) is 2. The summed E-state index contributed by atoms with van der Waals surface area (Å²) in [4.78, 5) is 55.9. The van der Waals surface area contributed by atoms with Crippen molar-refractivity contribution in [3.05, 3.63) is 69.3 Å². The summed E-state index contributed by atoms with van der Waals surface area (Å²) in [5, 5.41) is 7.41. The van der Waals surface area contributed by atoms with Gasteiger partial charge < -0.3 is 18.6 Å². The number of carbonyl (C=O) groups is 3. The van der Waals surface area contributed by atoms with Crippen LogP contribution in [-0.2, 0) is 28.4 Å². The van der Waals surface area contributed by atoms with E-state index in [0.29, 0.717) is 5.56 Å². The highest BCUT2D eigenvalue weighted by Crippen LogP contribution is 2.29. The van der Waals surface area contributed by atoms with Crippen LogP contribution in [0.15, 0.2) is 33.5 Å². The van der Waals surface area contributed by atoms with E-state index in [1.807, 2.05) is 0 Å². The molecule has 214 valence electrons. The molecule has 2 heterocycles. The third kappa shape index (κ3) is 7.36. The van der Waals surface area contributed by atoms with Crippen molar-refractivity contribution >= 4 is 17.7 Å². The van der Waals surface area contributed by atoms with Gasteiger partial charge >= 0.3 is 6.16 Å². The zero-order chi connectivity index (χ0) is 29.6. The van der Waals surface area contributed by atoms with E-state index >= 15 is 0 Å². The molecule has 0 radical (unpaired) electrons. The predicted molar refractivity (Wildman–Crippen MR) is 138 cm³/mol. The molecular formula is C27H31FN4O8. The molecule has 0 bridgehead atoms. The van der Waals surface area contributed by atoms with Crippen molar-refractivity contribution in [2.45, 2.75) is 65.6 Å². The van der Waals surface area contributed by atoms with Crippen LogP contribution in [0.2, 0.25) is 0 Å². The maximum Gasteiger partial charge on any atom is 0.511 e. The van der Waals surface area contributed by atoms with Crippen molar-refractivity contribution in [3.63, 3.8) is 0 Å². The fourth-order valence-electron chi connectivity index (χ4n) is 3.95. The third-order valence-electron chi connectivity index (χ3n) is 5.85. The first-order chi connectivity index (χ1) is 18.8. The molecular weight excluding hydrogens is 527 g/mol. The highest BCUT2D eigenvalue weighted by atomic mass is 19.1. The van der Waals surface area contributed by atoms with Gasteiger partial charge in [-0.25, -0.2) is 14.2 Å². The maximum atomic E-state index is 13.5. The minimum absolute atomic E-state index is 0.0631. The first-order valence-corrected chi connectivity index (χ1v) is 12.5. The van der Waals surface area contributed by atoms with E-state index in [0.717, 1.165) is 4.57 Å². The average Bonchev–Trinajstić information content (AvgIpc) is 3.32. The molecule has 1 unspecified atom stereocenters. The second-order valence-corrected chi connectivity index (χ2v) is 9.62. The largest absolute Gasteiger partial charge is 0.511 e. The first kappa shape index (κ1) is 30.1. The van der Waals surface area contributed by atoms with E-state index < -0.39 is 46.6 Å². The number of hydrogen-bond donors (Lipinski definition) is 0. The van der Waals surface area contributed by atoms with Gasteiger partial charge in [0.2, 0.25) is 23.7 Å². The van der Waals surface area contributed by atoms with Crippen molar-refractivity contribution in [1.82, 2.24) is 19.7 Å². The normalized spacial score (nSPS) is 12.1. The van der Waals surface area contributed by atoms with Gasteiger partial charge in [0, 0.05) is 39.2 Å². The molecule has 0 aliphatic rings. The number of aryl methyl sites for hydroxylation is 2. The Morgan fingerprint density at radius 1 is 1.12 bits per heavy atom. The molecule has 40 heavy (non-hydrogen) atoms. The molecule has 2 aromatic heterocycles. The number of halogens is 1. The SMILES string of the molecule is CCOC(=O)OC(C)Oc1c(C(=O)CCc2ccc(F)cc2)nc(C(C)(C)CC(=O)c2nnc(C)o2)n(C)c1=O. The first-order valence-electron chi connectivity index (χ1n) is 12.5. The van der Waals surface area contributed by atoms with Crippen LogP contribution in [-0.4, -0.2) is 50.4 Å². The molecule has 1 aromatic carbocycles. The van der Waals surface area contributed by atoms with Crippen molar-refractivity contribution in [1.29, 1.82) is 0 Å². The van der Waals surface area contributed by atoms with Gasteiger partial charge in [0.25, 0.3) is 11.4 Å². The molecule has 12 nitrogen and oxygen atoms in total. The second kappa shape index (κ2) is 12.6. The van der Waals surface area contributed by atoms with Gasteiger partial charge in [-0.3, -0.25) is 19.0 Å². The summed E-state index contributed by atoms with van der Waals surface area (Å²) < 4.78 is 35.0. The number of benzene rings is 1. The van der Waals surface area contributed by atoms with E-state index in [4.69, 9.17) is 18.6 Å². The van der Waals surface area contributed by atoms with E-state index in [1.54, 1.807) is 39.8 Å². The molecule has 0 saturated carbocycles. The predicted octanol–water partition coefficient (Wildman–Crippen LogP) is 3.87. The van der Waals surface area contributed by atoms with Gasteiger partial charge in [-0.15, -0.1) is 10.2 Å². The van der Waals surface area contributed by atoms with Crippen LogP contribution < -0.4 is 10.3 Å². The Labute approximate surface area is 229 Å². The highest BCUT2D eigenvalue weighted by Gasteiger charge is 2.34. The van der Waals surface area contributed by atoms with Gasteiger partial charge in [-0.2, -0.15) is 0 Å². The lowest BCUT2D eigenvalue weighted by atomic mass is 9.85. The maximum absolute atomic E-state index is 13.5. The van der Waals surface area contributed by atoms with Gasteiger partial charge in [0.1, 0.15) is 11.6 Å². The zero-order valence-electron chi connectivity index (χ0n) is 23.1. The quantitative estimate of drug-likeness (QED) is 0.181. The number of rotatable bonds is 12. The lowest BCUT2D eigenvalue weighted by Gasteiger charge is -2.26. The topological polar surface area (TPSA) is 153 Å². The van der Waals surface area contributed by atoms with E-state index in [2.05, 4.69) is 15.2 Å². The van der Waals surface area contributed by atoms with Crippen LogP contribution in [0, 0.1) is 12.7 Å². The van der Waals surface area contributed by atoms with Gasteiger partial charge in [0.05, 0.1) is 6.61 Å². The Hall–Kier alpha value is -4.42. The zero-order valence-corrected chi connectivity index (χ0v) is 23.1. The van der Waals surface area contributed by atoms with Crippen molar-refractivity contribution in [3.8, 4) is 5.75 Å². The number of carbonyl (C=O) groups excluding carboxylic acids is 3. The summed E-state index contributed by atoms with van der Waals surface area (Å²) in [6.45, 7) is 7.91. The Kier molecular flexibility index (Phi) is 9.51. The molecule has 0 aliphatic carbocycles. The summed E-state index contributed by atoms with van der Waals surface area (Å²) in [5.41, 5.74) is -1.40. The monoisotopic (exact) mass is 558 g/mol. The molecule has 0 saturated heterocycles. The molecule has 0 amide bonds. The van der Waals surface area contributed by atoms with Crippen molar-refractivity contribution < 1.29 is 37.4 Å². The molecule has 0 fully saturated rings. The standard InChI is InChI=1S/C27H31FN4O8/c1-7-37-26(36)40-16(3)39-22-21(19(33)13-10-17-8-11-18(28)12-9-17)29-25(32(6)24(22)35)27(4,5)14-20(34)23-31-30-15(2)38-23/h8-9,11-12,16H,7,10,13-14H2,1-6H3. The fraction of sp³-hybridized carbons (Fsp3) is 0.444. The molecule has 3 aromatic rings. The van der Waals surface area contributed by atoms with Gasteiger partial charge in [0.15, 0.2) is 11.5 Å². The average molecular weight is 559 g/mol. The summed E-state index contributed by atoms with van der Waals surface area (Å²) in [5.74, 6) is -1.69. The van der Waals surface area contributed by atoms with Crippen molar-refractivity contribution in [2.75, 3.05) is 6.61 Å². The second-order valence-electron chi connectivity index (χ2n) is 9.62. The van der Waals surface area contributed by atoms with Gasteiger partial charge in [-0.1, -0.05) is 26.0 Å². The Bertz CT molecular complexity index is 1450. The Morgan fingerprint density at radius 2 is 1.80 bits per heavy atom. The number of ketones is 2. The number of aromatic nitrogens is 4. The van der Waals surface area contributed by atoms with E-state index in [-0.39, 0.29) is 49.2 Å². The van der Waals surface area contributed by atoms with E-state index in [9.17, 15) is 23.6 Å². The van der Waals surface area contributed by atoms with Gasteiger partial charge in [-0.05, 0) is 31.0 Å². The third-order valence-corrected chi connectivity index (χ3v) is 5.85. The van der Waals surface area contributed by atoms with Crippen LogP contribution in [0.25, 0.3) is 0 Å². The summed E-state index contributed by atoms with van der Waals surface area (Å²) >= 11 is 0. The van der Waals surface area contributed by atoms with Crippen LogP contribution in [0.1, 0.15) is 79.0 Å². The Balaban J connectivity index is 1.99. The lowest BCUT2D eigenvalue weighted by Crippen LogP contribution is -2.36. The number of ether oxygens (including phenoxy) is 3. The summed E-state index contributed by atoms with van der Waals surface area (Å²) in [7, 11) is 1.42. The van der Waals surface area contributed by atoms with Crippen LogP contribution in [0.3, 0.4) is 0 Å².